The molecule has 0 saturated heterocycles. The molecule has 7 heteroatoms. The second-order valence-corrected chi connectivity index (χ2v) is 7.25. The number of thioether (sulfide) groups is 1. The second-order valence-electron chi connectivity index (χ2n) is 6.31. The van der Waals surface area contributed by atoms with Crippen LogP contribution >= 0.6 is 11.8 Å². The Hall–Kier alpha value is -3.11. The molecule has 1 heterocycles. The first-order valence-electron chi connectivity index (χ1n) is 8.68. The van der Waals surface area contributed by atoms with E-state index < -0.39 is 0 Å². The van der Waals surface area contributed by atoms with Crippen molar-refractivity contribution in [1.29, 1.82) is 5.26 Å². The lowest BCUT2D eigenvalue weighted by molar-refractivity contribution is -0.113. The molecule has 6 nitrogen and oxygen atoms in total. The number of aromatic nitrogens is 3. The lowest BCUT2D eigenvalue weighted by Gasteiger charge is -2.10. The number of hydrogen-bond donors (Lipinski definition) is 1. The van der Waals surface area contributed by atoms with Crippen LogP contribution in [-0.4, -0.2) is 26.4 Å². The zero-order chi connectivity index (χ0) is 18.6. The summed E-state index contributed by atoms with van der Waals surface area (Å²) in [6.45, 7) is 0. The molecule has 1 amide bonds. The number of hydrogen-bond acceptors (Lipinski definition) is 5. The van der Waals surface area contributed by atoms with Crippen molar-refractivity contribution >= 4 is 23.4 Å². The molecule has 3 aromatic rings. The number of anilines is 1. The van der Waals surface area contributed by atoms with E-state index in [-0.39, 0.29) is 11.7 Å². The van der Waals surface area contributed by atoms with E-state index in [0.29, 0.717) is 17.2 Å². The number of amides is 1. The summed E-state index contributed by atoms with van der Waals surface area (Å²) in [6.07, 6.45) is 2.27. The van der Waals surface area contributed by atoms with Crippen LogP contribution in [0.5, 0.6) is 0 Å². The first kappa shape index (κ1) is 17.3. The third kappa shape index (κ3) is 4.01. The van der Waals surface area contributed by atoms with Crippen molar-refractivity contribution in [2.45, 2.75) is 23.9 Å². The lowest BCUT2D eigenvalue weighted by Crippen LogP contribution is -2.14. The summed E-state index contributed by atoms with van der Waals surface area (Å²) in [7, 11) is 0. The standard InChI is InChI=1S/C20H17N5OS/c21-12-14-6-10-16(11-7-14)22-18(26)13-27-20-24-23-19(15-8-9-15)25(20)17-4-2-1-3-5-17/h1-7,10-11,15H,8-9,13H2,(H,22,26). The Morgan fingerprint density at radius 1 is 1.15 bits per heavy atom. The number of rotatable bonds is 6. The molecule has 0 radical (unpaired) electrons. The highest BCUT2D eigenvalue weighted by molar-refractivity contribution is 7.99. The smallest absolute Gasteiger partial charge is 0.234 e. The van der Waals surface area contributed by atoms with Crippen LogP contribution in [0.2, 0.25) is 0 Å². The lowest BCUT2D eigenvalue weighted by atomic mass is 10.2. The predicted octanol–water partition coefficient (Wildman–Crippen LogP) is 3.75. The maximum Gasteiger partial charge on any atom is 0.234 e. The van der Waals surface area contributed by atoms with Crippen LogP contribution in [0.15, 0.2) is 59.8 Å². The summed E-state index contributed by atoms with van der Waals surface area (Å²) in [6, 6.07) is 18.8. The van der Waals surface area contributed by atoms with Crippen molar-refractivity contribution in [3.8, 4) is 11.8 Å². The molecule has 1 aliphatic carbocycles. The Labute approximate surface area is 161 Å². The zero-order valence-corrected chi connectivity index (χ0v) is 15.3. The first-order chi connectivity index (χ1) is 13.2. The van der Waals surface area contributed by atoms with E-state index in [1.54, 1.807) is 24.3 Å². The predicted molar refractivity (Wildman–Crippen MR) is 104 cm³/mol. The van der Waals surface area contributed by atoms with Gasteiger partial charge in [0.05, 0.1) is 17.4 Å². The van der Waals surface area contributed by atoms with E-state index >= 15 is 0 Å². The van der Waals surface area contributed by atoms with Gasteiger partial charge in [-0.3, -0.25) is 9.36 Å². The van der Waals surface area contributed by atoms with E-state index in [1.165, 1.54) is 11.8 Å². The van der Waals surface area contributed by atoms with Gasteiger partial charge in [-0.2, -0.15) is 5.26 Å². The third-order valence-corrected chi connectivity index (χ3v) is 5.17. The van der Waals surface area contributed by atoms with Gasteiger partial charge in [0, 0.05) is 17.3 Å². The molecule has 1 aromatic heterocycles. The number of carbonyl (C=O) groups excluding carboxylic acids is 1. The van der Waals surface area contributed by atoms with Crippen molar-refractivity contribution in [1.82, 2.24) is 14.8 Å². The van der Waals surface area contributed by atoms with Gasteiger partial charge in [0.15, 0.2) is 5.16 Å². The van der Waals surface area contributed by atoms with Crippen LogP contribution < -0.4 is 5.32 Å². The van der Waals surface area contributed by atoms with Gasteiger partial charge in [0.1, 0.15) is 5.82 Å². The maximum absolute atomic E-state index is 12.3. The average molecular weight is 375 g/mol. The molecule has 1 aliphatic rings. The number of benzene rings is 2. The summed E-state index contributed by atoms with van der Waals surface area (Å²) in [5, 5.41) is 21.1. The molecule has 0 unspecified atom stereocenters. The highest BCUT2D eigenvalue weighted by Crippen LogP contribution is 2.41. The van der Waals surface area contributed by atoms with Crippen molar-refractivity contribution in [2.75, 3.05) is 11.1 Å². The highest BCUT2D eigenvalue weighted by Gasteiger charge is 2.31. The molecule has 1 N–H and O–H groups in total. The molecular weight excluding hydrogens is 358 g/mol. The van der Waals surface area contributed by atoms with Crippen LogP contribution in [0.3, 0.4) is 0 Å². The monoisotopic (exact) mass is 375 g/mol. The van der Waals surface area contributed by atoms with E-state index in [4.69, 9.17) is 5.26 Å². The van der Waals surface area contributed by atoms with E-state index in [2.05, 4.69) is 26.2 Å². The Balaban J connectivity index is 1.46. The van der Waals surface area contributed by atoms with Crippen molar-refractivity contribution in [2.24, 2.45) is 0 Å². The molecule has 4 rings (SSSR count). The third-order valence-electron chi connectivity index (χ3n) is 4.25. The van der Waals surface area contributed by atoms with Crippen LogP contribution in [-0.2, 0) is 4.79 Å². The molecule has 0 spiro atoms. The minimum absolute atomic E-state index is 0.125. The summed E-state index contributed by atoms with van der Waals surface area (Å²) < 4.78 is 2.05. The molecule has 1 saturated carbocycles. The maximum atomic E-state index is 12.3. The molecule has 2 aromatic carbocycles. The molecule has 1 fully saturated rings. The van der Waals surface area contributed by atoms with Crippen molar-refractivity contribution in [3.05, 3.63) is 66.0 Å². The van der Waals surface area contributed by atoms with Gasteiger partial charge in [-0.05, 0) is 49.2 Å². The second kappa shape index (κ2) is 7.64. The number of nitrogens with zero attached hydrogens (tertiary/aromatic N) is 4. The average Bonchev–Trinajstić information content (AvgIpc) is 3.47. The quantitative estimate of drug-likeness (QED) is 0.664. The van der Waals surface area contributed by atoms with Gasteiger partial charge in [-0.25, -0.2) is 0 Å². The topological polar surface area (TPSA) is 83.6 Å². The van der Waals surface area contributed by atoms with Gasteiger partial charge in [-0.1, -0.05) is 30.0 Å². The fourth-order valence-electron chi connectivity index (χ4n) is 2.76. The fraction of sp³-hybridized carbons (Fsp3) is 0.200. The normalized spacial score (nSPS) is 13.1. The van der Waals surface area contributed by atoms with Crippen molar-refractivity contribution < 1.29 is 4.79 Å². The molecule has 134 valence electrons. The first-order valence-corrected chi connectivity index (χ1v) is 9.66. The van der Waals surface area contributed by atoms with Crippen LogP contribution in [0.1, 0.15) is 30.1 Å². The molecule has 0 atom stereocenters. The minimum Gasteiger partial charge on any atom is -0.325 e. The van der Waals surface area contributed by atoms with Crippen LogP contribution in [0, 0.1) is 11.3 Å². The van der Waals surface area contributed by atoms with Crippen LogP contribution in [0.4, 0.5) is 5.69 Å². The summed E-state index contributed by atoms with van der Waals surface area (Å²) in [5.74, 6) is 1.53. The summed E-state index contributed by atoms with van der Waals surface area (Å²) in [4.78, 5) is 12.3. The molecule has 27 heavy (non-hydrogen) atoms. The van der Waals surface area contributed by atoms with Gasteiger partial charge < -0.3 is 5.32 Å². The largest absolute Gasteiger partial charge is 0.325 e. The Bertz CT molecular complexity index is 987. The Morgan fingerprint density at radius 2 is 1.89 bits per heavy atom. The van der Waals surface area contributed by atoms with Gasteiger partial charge in [0.2, 0.25) is 5.91 Å². The summed E-state index contributed by atoms with van der Waals surface area (Å²) in [5.41, 5.74) is 2.24. The zero-order valence-electron chi connectivity index (χ0n) is 14.5. The highest BCUT2D eigenvalue weighted by atomic mass is 32.2. The van der Waals surface area contributed by atoms with E-state index in [9.17, 15) is 4.79 Å². The summed E-state index contributed by atoms with van der Waals surface area (Å²) >= 11 is 1.37. The molecule has 0 aliphatic heterocycles. The van der Waals surface area contributed by atoms with Crippen molar-refractivity contribution in [3.63, 3.8) is 0 Å². The van der Waals surface area contributed by atoms with E-state index in [0.717, 1.165) is 29.5 Å². The SMILES string of the molecule is N#Cc1ccc(NC(=O)CSc2nnc(C3CC3)n2-c2ccccc2)cc1. The fourth-order valence-corrected chi connectivity index (χ4v) is 3.51. The number of para-hydroxylation sites is 1. The molecule has 0 bridgehead atoms. The number of carbonyl (C=O) groups is 1. The Morgan fingerprint density at radius 3 is 2.56 bits per heavy atom. The van der Waals surface area contributed by atoms with Gasteiger partial charge in [-0.15, -0.1) is 10.2 Å². The van der Waals surface area contributed by atoms with Crippen LogP contribution in [0.25, 0.3) is 5.69 Å². The van der Waals surface area contributed by atoms with Gasteiger partial charge in [0.25, 0.3) is 0 Å². The van der Waals surface area contributed by atoms with Gasteiger partial charge >= 0.3 is 0 Å². The minimum atomic E-state index is -0.125. The number of nitrogens with one attached hydrogen (secondary N) is 1. The number of nitriles is 1. The molecular formula is C20H17N5OS. The van der Waals surface area contributed by atoms with E-state index in [1.807, 2.05) is 30.3 Å². The Kier molecular flexibility index (Phi) is 4.90.